The topological polar surface area (TPSA) is 57.3 Å². The molecule has 3 aromatic rings. The normalized spacial score (nSPS) is 14.1. The van der Waals surface area contributed by atoms with E-state index in [2.05, 4.69) is 57.6 Å². The molecule has 0 bridgehead atoms. The largest absolute Gasteiger partial charge is 0.497 e. The van der Waals surface area contributed by atoms with Crippen LogP contribution in [-0.2, 0) is 17.9 Å². The van der Waals surface area contributed by atoms with Crippen LogP contribution in [0.3, 0.4) is 0 Å². The van der Waals surface area contributed by atoms with E-state index in [1.54, 1.807) is 14.2 Å². The van der Waals surface area contributed by atoms with Crippen LogP contribution >= 0.6 is 0 Å². The molecule has 4 rings (SSSR count). The molecule has 1 heterocycles. The Morgan fingerprint density at radius 3 is 2.31 bits per heavy atom. The summed E-state index contributed by atoms with van der Waals surface area (Å²) < 4.78 is 10.7. The van der Waals surface area contributed by atoms with E-state index in [9.17, 15) is 4.79 Å². The van der Waals surface area contributed by atoms with Gasteiger partial charge < -0.3 is 19.7 Å². The number of carbonyl (C=O) groups is 1. The van der Waals surface area contributed by atoms with Crippen LogP contribution in [0.25, 0.3) is 0 Å². The highest BCUT2D eigenvalue weighted by Crippen LogP contribution is 2.25. The average molecular weight is 489 g/mol. The number of rotatable bonds is 10. The maximum Gasteiger partial charge on any atom is 0.238 e. The standard InChI is InChI=1S/C29H36N4O3/c1-31(21-24-9-14-27(35-2)19-28(24)36-3)22-29(34)30-25-10-12-26(13-11-25)33-17-15-32(16-18-33)20-23-7-5-4-6-8-23/h4-14,19H,15-18,20-22H2,1-3H3,(H,30,34). The average Bonchev–Trinajstić information content (AvgIpc) is 2.90. The van der Waals surface area contributed by atoms with Crippen LogP contribution < -0.4 is 19.7 Å². The highest BCUT2D eigenvalue weighted by Gasteiger charge is 2.17. The predicted molar refractivity (Wildman–Crippen MR) is 145 cm³/mol. The minimum Gasteiger partial charge on any atom is -0.497 e. The van der Waals surface area contributed by atoms with Gasteiger partial charge in [0.25, 0.3) is 0 Å². The van der Waals surface area contributed by atoms with Crippen molar-refractivity contribution in [1.82, 2.24) is 9.80 Å². The Balaban J connectivity index is 1.23. The summed E-state index contributed by atoms with van der Waals surface area (Å²) >= 11 is 0. The zero-order valence-electron chi connectivity index (χ0n) is 21.4. The smallest absolute Gasteiger partial charge is 0.238 e. The number of anilines is 2. The number of piperazine rings is 1. The van der Waals surface area contributed by atoms with Crippen LogP contribution in [0.2, 0.25) is 0 Å². The van der Waals surface area contributed by atoms with Gasteiger partial charge in [0.05, 0.1) is 20.8 Å². The Labute approximate surface area is 214 Å². The quantitative estimate of drug-likeness (QED) is 0.464. The Morgan fingerprint density at radius 2 is 1.64 bits per heavy atom. The number of methoxy groups -OCH3 is 2. The molecule has 3 aromatic carbocycles. The van der Waals surface area contributed by atoms with Crippen LogP contribution in [0.5, 0.6) is 11.5 Å². The maximum atomic E-state index is 12.6. The van der Waals surface area contributed by atoms with Gasteiger partial charge in [0.15, 0.2) is 0 Å². The SMILES string of the molecule is COc1ccc(CN(C)CC(=O)Nc2ccc(N3CCN(Cc4ccccc4)CC3)cc2)c(OC)c1. The van der Waals surface area contributed by atoms with E-state index in [1.807, 2.05) is 42.3 Å². The lowest BCUT2D eigenvalue weighted by molar-refractivity contribution is -0.117. The van der Waals surface area contributed by atoms with Crippen LogP contribution in [0.1, 0.15) is 11.1 Å². The molecule has 0 aromatic heterocycles. The molecular weight excluding hydrogens is 452 g/mol. The third kappa shape index (κ3) is 6.99. The second kappa shape index (κ2) is 12.4. The predicted octanol–water partition coefficient (Wildman–Crippen LogP) is 4.10. The molecule has 0 atom stereocenters. The molecule has 1 fully saturated rings. The van der Waals surface area contributed by atoms with E-state index in [-0.39, 0.29) is 12.5 Å². The lowest BCUT2D eigenvalue weighted by Gasteiger charge is -2.36. The number of likely N-dealkylation sites (N-methyl/N-ethyl adjacent to an activating group) is 1. The second-order valence-electron chi connectivity index (χ2n) is 9.19. The highest BCUT2D eigenvalue weighted by atomic mass is 16.5. The van der Waals surface area contributed by atoms with Crippen LogP contribution in [0, 0.1) is 0 Å². The molecule has 1 saturated heterocycles. The number of nitrogens with one attached hydrogen (secondary N) is 1. The second-order valence-corrected chi connectivity index (χ2v) is 9.19. The van der Waals surface area contributed by atoms with Gasteiger partial charge in [-0.1, -0.05) is 36.4 Å². The van der Waals surface area contributed by atoms with E-state index < -0.39 is 0 Å². The zero-order chi connectivity index (χ0) is 25.3. The Kier molecular flexibility index (Phi) is 8.81. The zero-order valence-corrected chi connectivity index (χ0v) is 21.4. The molecule has 7 nitrogen and oxygen atoms in total. The Morgan fingerprint density at radius 1 is 0.917 bits per heavy atom. The van der Waals surface area contributed by atoms with Crippen molar-refractivity contribution >= 4 is 17.3 Å². The molecule has 7 heteroatoms. The van der Waals surface area contributed by atoms with E-state index in [0.717, 1.165) is 55.5 Å². The summed E-state index contributed by atoms with van der Waals surface area (Å²) in [7, 11) is 5.19. The molecule has 190 valence electrons. The van der Waals surface area contributed by atoms with Crippen molar-refractivity contribution < 1.29 is 14.3 Å². The van der Waals surface area contributed by atoms with Gasteiger partial charge in [-0.2, -0.15) is 0 Å². The molecule has 0 unspecified atom stereocenters. The molecule has 1 aliphatic heterocycles. The molecule has 36 heavy (non-hydrogen) atoms. The van der Waals surface area contributed by atoms with Gasteiger partial charge in [-0.15, -0.1) is 0 Å². The molecule has 1 aliphatic rings. The van der Waals surface area contributed by atoms with Crippen molar-refractivity contribution in [3.05, 3.63) is 83.9 Å². The Bertz CT molecular complexity index is 1110. The van der Waals surface area contributed by atoms with Gasteiger partial charge in [0.2, 0.25) is 5.91 Å². The van der Waals surface area contributed by atoms with Crippen molar-refractivity contribution in [2.75, 3.05) is 64.2 Å². The first kappa shape index (κ1) is 25.5. The third-order valence-electron chi connectivity index (χ3n) is 6.49. The van der Waals surface area contributed by atoms with Crippen molar-refractivity contribution in [2.24, 2.45) is 0 Å². The minimum absolute atomic E-state index is 0.0488. The maximum absolute atomic E-state index is 12.6. The van der Waals surface area contributed by atoms with Gasteiger partial charge in [-0.25, -0.2) is 0 Å². The van der Waals surface area contributed by atoms with Crippen molar-refractivity contribution in [3.8, 4) is 11.5 Å². The summed E-state index contributed by atoms with van der Waals surface area (Å²) in [5, 5.41) is 3.01. The first-order valence-electron chi connectivity index (χ1n) is 12.3. The fraction of sp³-hybridized carbons (Fsp3) is 0.345. The van der Waals surface area contributed by atoms with Crippen molar-refractivity contribution in [2.45, 2.75) is 13.1 Å². The first-order valence-corrected chi connectivity index (χ1v) is 12.3. The summed E-state index contributed by atoms with van der Waals surface area (Å²) in [6.45, 7) is 5.95. The van der Waals surface area contributed by atoms with Crippen LogP contribution in [0.15, 0.2) is 72.8 Å². The molecule has 0 radical (unpaired) electrons. The summed E-state index contributed by atoms with van der Waals surface area (Å²) in [6, 6.07) is 24.5. The van der Waals surface area contributed by atoms with Crippen molar-refractivity contribution in [1.29, 1.82) is 0 Å². The fourth-order valence-electron chi connectivity index (χ4n) is 4.54. The van der Waals surface area contributed by atoms with E-state index in [0.29, 0.717) is 6.54 Å². The molecule has 1 N–H and O–H groups in total. The minimum atomic E-state index is -0.0488. The molecule has 0 aliphatic carbocycles. The summed E-state index contributed by atoms with van der Waals surface area (Å²) in [5.74, 6) is 1.44. The number of hydrogen-bond acceptors (Lipinski definition) is 6. The number of benzene rings is 3. The van der Waals surface area contributed by atoms with E-state index in [1.165, 1.54) is 11.3 Å². The van der Waals surface area contributed by atoms with Gasteiger partial charge in [0.1, 0.15) is 11.5 Å². The number of carbonyl (C=O) groups excluding carboxylic acids is 1. The van der Waals surface area contributed by atoms with Gasteiger partial charge in [-0.3, -0.25) is 14.6 Å². The highest BCUT2D eigenvalue weighted by molar-refractivity contribution is 5.92. The Hall–Kier alpha value is -3.55. The molecular formula is C29H36N4O3. The lowest BCUT2D eigenvalue weighted by atomic mass is 10.1. The fourth-order valence-corrected chi connectivity index (χ4v) is 4.54. The number of ether oxygens (including phenoxy) is 2. The number of amides is 1. The molecule has 0 saturated carbocycles. The van der Waals surface area contributed by atoms with Gasteiger partial charge in [-0.05, 0) is 42.9 Å². The number of nitrogens with zero attached hydrogens (tertiary/aromatic N) is 3. The van der Waals surface area contributed by atoms with E-state index >= 15 is 0 Å². The molecule has 1 amide bonds. The summed E-state index contributed by atoms with van der Waals surface area (Å²) in [6.07, 6.45) is 0. The van der Waals surface area contributed by atoms with Gasteiger partial charge in [0, 0.05) is 62.3 Å². The van der Waals surface area contributed by atoms with Crippen LogP contribution in [0.4, 0.5) is 11.4 Å². The first-order chi connectivity index (χ1) is 17.5. The number of hydrogen-bond donors (Lipinski definition) is 1. The van der Waals surface area contributed by atoms with Crippen molar-refractivity contribution in [3.63, 3.8) is 0 Å². The molecule has 0 spiro atoms. The third-order valence-corrected chi connectivity index (χ3v) is 6.49. The van der Waals surface area contributed by atoms with Gasteiger partial charge >= 0.3 is 0 Å². The summed E-state index contributed by atoms with van der Waals surface area (Å²) in [5.41, 5.74) is 4.36. The monoisotopic (exact) mass is 488 g/mol. The van der Waals surface area contributed by atoms with Crippen LogP contribution in [-0.4, -0.2) is 69.7 Å². The summed E-state index contributed by atoms with van der Waals surface area (Å²) in [4.78, 5) is 19.5. The lowest BCUT2D eigenvalue weighted by Crippen LogP contribution is -2.45. The van der Waals surface area contributed by atoms with E-state index in [4.69, 9.17) is 9.47 Å².